The number of carbonyl (C=O) groups is 1. The van der Waals surface area contributed by atoms with Gasteiger partial charge in [-0.05, 0) is 31.0 Å². The summed E-state index contributed by atoms with van der Waals surface area (Å²) in [6, 6.07) is 1.13. The van der Waals surface area contributed by atoms with Crippen molar-refractivity contribution in [1.82, 2.24) is 25.2 Å². The highest BCUT2D eigenvalue weighted by molar-refractivity contribution is 5.89. The average Bonchev–Trinajstić information content (AvgIpc) is 3.02. The van der Waals surface area contributed by atoms with Gasteiger partial charge in [0.25, 0.3) is 5.91 Å². The van der Waals surface area contributed by atoms with E-state index in [0.717, 1.165) is 55.9 Å². The molecule has 1 fully saturated rings. The van der Waals surface area contributed by atoms with Gasteiger partial charge in [-0.1, -0.05) is 12.8 Å². The van der Waals surface area contributed by atoms with Crippen LogP contribution in [0.15, 0.2) is 30.6 Å². The Hall–Kier alpha value is -2.89. The molecule has 31 heavy (non-hydrogen) atoms. The Morgan fingerprint density at radius 2 is 1.52 bits per heavy atom. The lowest BCUT2D eigenvalue weighted by Gasteiger charge is -2.19. The number of alkyl halides is 6. The van der Waals surface area contributed by atoms with Gasteiger partial charge in [0.15, 0.2) is 5.82 Å². The quantitative estimate of drug-likeness (QED) is 0.559. The molecule has 1 N–H and O–H groups in total. The molecule has 0 radical (unpaired) electrons. The maximum atomic E-state index is 13.0. The van der Waals surface area contributed by atoms with Crippen LogP contribution in [0.3, 0.4) is 0 Å². The van der Waals surface area contributed by atoms with E-state index >= 15 is 0 Å². The van der Waals surface area contributed by atoms with Crippen LogP contribution in [0.2, 0.25) is 0 Å². The molecule has 0 spiro atoms. The lowest BCUT2D eigenvalue weighted by molar-refractivity contribution is -0.143. The van der Waals surface area contributed by atoms with Gasteiger partial charge in [-0.2, -0.15) is 26.3 Å². The maximum Gasteiger partial charge on any atom is 0.416 e. The van der Waals surface area contributed by atoms with E-state index in [1.165, 1.54) is 6.20 Å². The summed E-state index contributed by atoms with van der Waals surface area (Å²) in [7, 11) is 0. The summed E-state index contributed by atoms with van der Waals surface area (Å²) in [4.78, 5) is 15.8. The fraction of sp³-hybridized carbons (Fsp3) is 0.421. The molecule has 0 unspecified atom stereocenters. The average molecular weight is 447 g/mol. The molecule has 12 heteroatoms. The van der Waals surface area contributed by atoms with Crippen molar-refractivity contribution >= 4 is 12.1 Å². The minimum absolute atomic E-state index is 0.0353. The van der Waals surface area contributed by atoms with Gasteiger partial charge in [-0.3, -0.25) is 10.2 Å². The molecule has 1 saturated heterocycles. The third-order valence-corrected chi connectivity index (χ3v) is 4.61. The van der Waals surface area contributed by atoms with Gasteiger partial charge in [0, 0.05) is 30.9 Å². The highest BCUT2D eigenvalue weighted by Gasteiger charge is 2.37. The molecule has 2 heterocycles. The van der Waals surface area contributed by atoms with Gasteiger partial charge in [0.2, 0.25) is 0 Å². The Balaban J connectivity index is 1.76. The topological polar surface area (TPSA) is 63.1 Å². The zero-order valence-corrected chi connectivity index (χ0v) is 16.2. The summed E-state index contributed by atoms with van der Waals surface area (Å²) in [5.74, 6) is -0.772. The molecule has 168 valence electrons. The van der Waals surface area contributed by atoms with Crippen molar-refractivity contribution < 1.29 is 31.1 Å². The van der Waals surface area contributed by atoms with Gasteiger partial charge < -0.3 is 0 Å². The largest absolute Gasteiger partial charge is 0.416 e. The van der Waals surface area contributed by atoms with Crippen molar-refractivity contribution in [2.75, 3.05) is 13.1 Å². The molecule has 1 amide bonds. The van der Waals surface area contributed by atoms with Crippen LogP contribution in [-0.4, -0.2) is 38.8 Å². The number of hydrazine groups is 1. The first-order valence-corrected chi connectivity index (χ1v) is 9.47. The molecule has 2 aromatic rings. The van der Waals surface area contributed by atoms with Crippen LogP contribution in [0, 0.1) is 0 Å². The van der Waals surface area contributed by atoms with E-state index in [1.807, 2.05) is 0 Å². The fourth-order valence-corrected chi connectivity index (χ4v) is 3.08. The molecule has 6 nitrogen and oxygen atoms in total. The number of carbonyl (C=O) groups excluding carboxylic acids is 1. The second-order valence-corrected chi connectivity index (χ2v) is 7.04. The molecular weight excluding hydrogens is 428 g/mol. The SMILES string of the molecule is O=C(C=Cn1cnc(-c2cc(C(F)(F)F)cc(C(F)(F)F)c2)n1)NN1CCCCCC1. The zero-order valence-electron chi connectivity index (χ0n) is 16.2. The van der Waals surface area contributed by atoms with Gasteiger partial charge in [0.05, 0.1) is 11.1 Å². The summed E-state index contributed by atoms with van der Waals surface area (Å²) in [6.07, 6.45) is -2.38. The minimum Gasteiger partial charge on any atom is -0.285 e. The van der Waals surface area contributed by atoms with E-state index in [-0.39, 0.29) is 11.9 Å². The highest BCUT2D eigenvalue weighted by atomic mass is 19.4. The Morgan fingerprint density at radius 3 is 2.06 bits per heavy atom. The van der Waals surface area contributed by atoms with Crippen LogP contribution in [0.25, 0.3) is 17.6 Å². The van der Waals surface area contributed by atoms with Crippen molar-refractivity contribution in [2.24, 2.45) is 0 Å². The summed E-state index contributed by atoms with van der Waals surface area (Å²) in [5, 5.41) is 5.65. The molecule has 1 aromatic heterocycles. The Labute approximate surface area is 173 Å². The van der Waals surface area contributed by atoms with Crippen molar-refractivity contribution in [3.63, 3.8) is 0 Å². The molecular formula is C19H19F6N5O. The minimum atomic E-state index is -4.97. The van der Waals surface area contributed by atoms with Crippen LogP contribution < -0.4 is 5.43 Å². The molecule has 3 rings (SSSR count). The van der Waals surface area contributed by atoms with Crippen molar-refractivity contribution in [1.29, 1.82) is 0 Å². The Bertz CT molecular complexity index is 910. The summed E-state index contributed by atoms with van der Waals surface area (Å²) >= 11 is 0. The summed E-state index contributed by atoms with van der Waals surface area (Å²) < 4.78 is 79.1. The van der Waals surface area contributed by atoms with Crippen molar-refractivity contribution in [2.45, 2.75) is 38.0 Å². The number of nitrogens with zero attached hydrogens (tertiary/aromatic N) is 4. The first-order chi connectivity index (χ1) is 14.5. The third-order valence-electron chi connectivity index (χ3n) is 4.61. The van der Waals surface area contributed by atoms with E-state index in [2.05, 4.69) is 15.5 Å². The molecule has 1 aliphatic heterocycles. The van der Waals surface area contributed by atoms with Crippen LogP contribution >= 0.6 is 0 Å². The van der Waals surface area contributed by atoms with Gasteiger partial charge in [-0.15, -0.1) is 5.10 Å². The van der Waals surface area contributed by atoms with Crippen LogP contribution in [0.4, 0.5) is 26.3 Å². The maximum absolute atomic E-state index is 13.0. The monoisotopic (exact) mass is 447 g/mol. The third kappa shape index (κ3) is 6.29. The molecule has 1 aromatic carbocycles. The Morgan fingerprint density at radius 1 is 0.935 bits per heavy atom. The molecule has 1 aliphatic rings. The second-order valence-electron chi connectivity index (χ2n) is 7.04. The van der Waals surface area contributed by atoms with E-state index in [1.54, 1.807) is 5.01 Å². The van der Waals surface area contributed by atoms with E-state index in [9.17, 15) is 31.1 Å². The van der Waals surface area contributed by atoms with E-state index < -0.39 is 35.0 Å². The number of rotatable bonds is 4. The number of hydrogen-bond acceptors (Lipinski definition) is 4. The molecule has 0 atom stereocenters. The van der Waals surface area contributed by atoms with Crippen molar-refractivity contribution in [3.05, 3.63) is 41.7 Å². The van der Waals surface area contributed by atoms with E-state index in [4.69, 9.17) is 0 Å². The van der Waals surface area contributed by atoms with E-state index in [0.29, 0.717) is 12.1 Å². The highest BCUT2D eigenvalue weighted by Crippen LogP contribution is 2.38. The lowest BCUT2D eigenvalue weighted by atomic mass is 10.0. The predicted octanol–water partition coefficient (Wildman–Crippen LogP) is 4.36. The second kappa shape index (κ2) is 9.08. The number of aromatic nitrogens is 3. The number of nitrogens with one attached hydrogen (secondary N) is 1. The zero-order chi connectivity index (χ0) is 22.6. The first kappa shape index (κ1) is 22.8. The standard InChI is InChI=1S/C19H19F6N5O/c20-18(21,22)14-9-13(10-15(11-14)19(23,24)25)17-26-12-30(28-17)8-5-16(31)27-29-6-3-1-2-4-7-29/h5,8-12H,1-4,6-7H2,(H,27,31). The van der Waals surface area contributed by atoms with Crippen LogP contribution in [-0.2, 0) is 17.1 Å². The van der Waals surface area contributed by atoms with Crippen LogP contribution in [0.5, 0.6) is 0 Å². The number of amides is 1. The van der Waals surface area contributed by atoms with Crippen molar-refractivity contribution in [3.8, 4) is 11.4 Å². The number of halogens is 6. The predicted molar refractivity (Wildman–Crippen MR) is 99.0 cm³/mol. The number of benzene rings is 1. The van der Waals surface area contributed by atoms with Crippen LogP contribution in [0.1, 0.15) is 36.8 Å². The molecule has 0 aliphatic carbocycles. The smallest absolute Gasteiger partial charge is 0.285 e. The lowest BCUT2D eigenvalue weighted by Crippen LogP contribution is -2.41. The van der Waals surface area contributed by atoms with Gasteiger partial charge in [-0.25, -0.2) is 14.7 Å². The Kier molecular flexibility index (Phi) is 6.68. The van der Waals surface area contributed by atoms with Gasteiger partial charge in [0.1, 0.15) is 6.33 Å². The number of hydrogen-bond donors (Lipinski definition) is 1. The van der Waals surface area contributed by atoms with Gasteiger partial charge >= 0.3 is 12.4 Å². The normalized spacial score (nSPS) is 16.5. The summed E-state index contributed by atoms with van der Waals surface area (Å²) in [6.45, 7) is 1.45. The molecule has 0 bridgehead atoms. The summed E-state index contributed by atoms with van der Waals surface area (Å²) in [5.41, 5.74) is -0.644. The first-order valence-electron chi connectivity index (χ1n) is 9.47. The fourth-order valence-electron chi connectivity index (χ4n) is 3.08. The molecule has 0 saturated carbocycles.